The Kier molecular flexibility index (Phi) is 6.77. The first-order valence-corrected chi connectivity index (χ1v) is 8.07. The first-order valence-electron chi connectivity index (χ1n) is 7.69. The lowest BCUT2D eigenvalue weighted by Gasteiger charge is -2.22. The maximum Gasteiger partial charge on any atom is 0.191 e. The number of nitrogens with zero attached hydrogens (tertiary/aromatic N) is 1. The second-order valence-corrected chi connectivity index (χ2v) is 6.12. The molecular weight excluding hydrogens is 413 g/mol. The largest absolute Gasteiger partial charge is 0.373 e. The summed E-state index contributed by atoms with van der Waals surface area (Å²) < 4.78 is 5.88. The van der Waals surface area contributed by atoms with Gasteiger partial charge in [-0.3, -0.25) is 0 Å². The van der Waals surface area contributed by atoms with Crippen molar-refractivity contribution in [3.8, 4) is 0 Å². The van der Waals surface area contributed by atoms with Gasteiger partial charge in [-0.25, -0.2) is 4.99 Å². The lowest BCUT2D eigenvalue weighted by Crippen LogP contribution is -2.47. The van der Waals surface area contributed by atoms with Crippen LogP contribution >= 0.6 is 35.6 Å². The van der Waals surface area contributed by atoms with Crippen molar-refractivity contribution in [2.45, 2.75) is 51.0 Å². The van der Waals surface area contributed by atoms with E-state index in [1.54, 1.807) is 0 Å². The lowest BCUT2D eigenvalue weighted by molar-refractivity contribution is 0.0992. The van der Waals surface area contributed by atoms with E-state index >= 15 is 0 Å². The van der Waals surface area contributed by atoms with Crippen LogP contribution in [-0.4, -0.2) is 30.8 Å². The summed E-state index contributed by atoms with van der Waals surface area (Å²) in [4.78, 5) is 4.65. The Bertz CT molecular complexity index is 526. The van der Waals surface area contributed by atoms with Crippen molar-refractivity contribution in [1.29, 1.82) is 0 Å². The monoisotopic (exact) mass is 435 g/mol. The molecule has 2 aliphatic heterocycles. The standard InChI is InChI=1S/C16H22ClN3O.HI/c1-2-18-16(19-10-11-4-3-5-12(17)8-11)20-14-9-13-6-7-15(14)21-13;/h3-5,8,13-15H,2,6-7,9-10H2,1H3,(H2,18,19,20);1H. The quantitative estimate of drug-likeness (QED) is 0.433. The van der Waals surface area contributed by atoms with Gasteiger partial charge in [-0.1, -0.05) is 23.7 Å². The summed E-state index contributed by atoms with van der Waals surface area (Å²) in [5.74, 6) is 0.860. The molecule has 0 saturated carbocycles. The van der Waals surface area contributed by atoms with Gasteiger partial charge in [0.25, 0.3) is 0 Å². The van der Waals surface area contributed by atoms with Crippen LogP contribution in [0.15, 0.2) is 29.3 Å². The van der Waals surface area contributed by atoms with Crippen LogP contribution in [0.1, 0.15) is 31.7 Å². The van der Waals surface area contributed by atoms with Crippen LogP contribution in [-0.2, 0) is 11.3 Å². The van der Waals surface area contributed by atoms with Crippen LogP contribution in [0.2, 0.25) is 5.02 Å². The summed E-state index contributed by atoms with van der Waals surface area (Å²) in [5, 5.41) is 7.57. The van der Waals surface area contributed by atoms with Gasteiger partial charge in [-0.05, 0) is 43.9 Å². The highest BCUT2D eigenvalue weighted by Gasteiger charge is 2.41. The first-order chi connectivity index (χ1) is 10.2. The van der Waals surface area contributed by atoms with Gasteiger partial charge < -0.3 is 15.4 Å². The molecule has 4 nitrogen and oxygen atoms in total. The molecule has 0 spiro atoms. The molecule has 1 aromatic rings. The summed E-state index contributed by atoms with van der Waals surface area (Å²) in [6.07, 6.45) is 4.26. The summed E-state index contributed by atoms with van der Waals surface area (Å²) in [7, 11) is 0. The van der Waals surface area contributed by atoms with Crippen molar-refractivity contribution in [3.05, 3.63) is 34.9 Å². The van der Waals surface area contributed by atoms with E-state index in [0.29, 0.717) is 24.8 Å². The molecule has 2 bridgehead atoms. The van der Waals surface area contributed by atoms with E-state index in [-0.39, 0.29) is 24.0 Å². The highest BCUT2D eigenvalue weighted by Crippen LogP contribution is 2.34. The molecule has 0 aliphatic carbocycles. The maximum absolute atomic E-state index is 6.01. The SMILES string of the molecule is CCNC(=NCc1cccc(Cl)c1)NC1CC2CCC1O2.I. The second kappa shape index (κ2) is 8.36. The predicted octanol–water partition coefficient (Wildman–Crippen LogP) is 3.33. The van der Waals surface area contributed by atoms with Gasteiger partial charge >= 0.3 is 0 Å². The van der Waals surface area contributed by atoms with E-state index in [1.165, 1.54) is 6.42 Å². The number of hydrogen-bond acceptors (Lipinski definition) is 2. The number of benzene rings is 1. The van der Waals surface area contributed by atoms with E-state index in [4.69, 9.17) is 16.3 Å². The number of hydrogen-bond donors (Lipinski definition) is 2. The molecule has 3 unspecified atom stereocenters. The molecular formula is C16H23ClIN3O. The fourth-order valence-electron chi connectivity index (χ4n) is 3.09. The zero-order valence-electron chi connectivity index (χ0n) is 12.7. The topological polar surface area (TPSA) is 45.7 Å². The average molecular weight is 436 g/mol. The molecule has 2 heterocycles. The summed E-state index contributed by atoms with van der Waals surface area (Å²) in [6, 6.07) is 8.22. The lowest BCUT2D eigenvalue weighted by atomic mass is 9.96. The molecule has 6 heteroatoms. The van der Waals surface area contributed by atoms with E-state index in [1.807, 2.05) is 24.3 Å². The average Bonchev–Trinajstić information content (AvgIpc) is 3.08. The number of rotatable bonds is 4. The second-order valence-electron chi connectivity index (χ2n) is 5.69. The molecule has 3 atom stereocenters. The normalized spacial score (nSPS) is 26.6. The molecule has 2 saturated heterocycles. The van der Waals surface area contributed by atoms with Crippen LogP contribution in [0.5, 0.6) is 0 Å². The first kappa shape index (κ1) is 17.8. The molecule has 0 radical (unpaired) electrons. The Morgan fingerprint density at radius 3 is 2.91 bits per heavy atom. The Morgan fingerprint density at radius 2 is 2.27 bits per heavy atom. The summed E-state index contributed by atoms with van der Waals surface area (Å²) in [6.45, 7) is 3.55. The third kappa shape index (κ3) is 4.49. The number of fused-ring (bicyclic) bond motifs is 2. The van der Waals surface area contributed by atoms with Crippen LogP contribution < -0.4 is 10.6 Å². The zero-order valence-corrected chi connectivity index (χ0v) is 15.8. The number of halogens is 2. The number of guanidine groups is 1. The van der Waals surface area contributed by atoms with Gasteiger partial charge in [0.15, 0.2) is 5.96 Å². The highest BCUT2D eigenvalue weighted by molar-refractivity contribution is 14.0. The smallest absolute Gasteiger partial charge is 0.191 e. The van der Waals surface area contributed by atoms with Crippen LogP contribution in [0, 0.1) is 0 Å². The fraction of sp³-hybridized carbons (Fsp3) is 0.562. The molecule has 0 aromatic heterocycles. The molecule has 3 rings (SSSR count). The van der Waals surface area contributed by atoms with Crippen molar-refractivity contribution >= 4 is 41.5 Å². The summed E-state index contributed by atoms with van der Waals surface area (Å²) in [5.41, 5.74) is 1.11. The third-order valence-corrected chi connectivity index (χ3v) is 4.32. The van der Waals surface area contributed by atoms with Crippen molar-refractivity contribution in [2.24, 2.45) is 4.99 Å². The van der Waals surface area contributed by atoms with Gasteiger partial charge in [0, 0.05) is 11.6 Å². The van der Waals surface area contributed by atoms with Crippen LogP contribution in [0.25, 0.3) is 0 Å². The minimum atomic E-state index is 0. The maximum atomic E-state index is 6.01. The fourth-order valence-corrected chi connectivity index (χ4v) is 3.30. The Balaban J connectivity index is 0.00000176. The number of nitrogens with one attached hydrogen (secondary N) is 2. The van der Waals surface area contributed by atoms with Gasteiger partial charge in [0.1, 0.15) is 0 Å². The Hall–Kier alpha value is -0.530. The van der Waals surface area contributed by atoms with Crippen LogP contribution in [0.4, 0.5) is 0 Å². The molecule has 0 amide bonds. The molecule has 2 N–H and O–H groups in total. The van der Waals surface area contributed by atoms with Gasteiger partial charge in [-0.15, -0.1) is 24.0 Å². The van der Waals surface area contributed by atoms with E-state index in [2.05, 4.69) is 22.5 Å². The van der Waals surface area contributed by atoms with E-state index in [9.17, 15) is 0 Å². The minimum absolute atomic E-state index is 0. The molecule has 2 aliphatic rings. The Labute approximate surface area is 154 Å². The van der Waals surface area contributed by atoms with Crippen molar-refractivity contribution in [2.75, 3.05) is 6.54 Å². The van der Waals surface area contributed by atoms with E-state index in [0.717, 1.165) is 35.9 Å². The van der Waals surface area contributed by atoms with E-state index < -0.39 is 0 Å². The minimum Gasteiger partial charge on any atom is -0.373 e. The third-order valence-electron chi connectivity index (χ3n) is 4.08. The van der Waals surface area contributed by atoms with Crippen molar-refractivity contribution < 1.29 is 4.74 Å². The zero-order chi connectivity index (χ0) is 14.7. The van der Waals surface area contributed by atoms with Gasteiger partial charge in [0.2, 0.25) is 0 Å². The Morgan fingerprint density at radius 1 is 1.41 bits per heavy atom. The number of aliphatic imine (C=N–C) groups is 1. The highest BCUT2D eigenvalue weighted by atomic mass is 127. The summed E-state index contributed by atoms with van der Waals surface area (Å²) >= 11 is 6.01. The molecule has 22 heavy (non-hydrogen) atoms. The molecule has 2 fully saturated rings. The van der Waals surface area contributed by atoms with Gasteiger partial charge in [0.05, 0.1) is 24.8 Å². The predicted molar refractivity (Wildman–Crippen MR) is 101 cm³/mol. The van der Waals surface area contributed by atoms with Crippen LogP contribution in [0.3, 0.4) is 0 Å². The number of ether oxygens (including phenoxy) is 1. The molecule has 1 aromatic carbocycles. The van der Waals surface area contributed by atoms with Crippen molar-refractivity contribution in [3.63, 3.8) is 0 Å². The van der Waals surface area contributed by atoms with Gasteiger partial charge in [-0.2, -0.15) is 0 Å². The van der Waals surface area contributed by atoms with Crippen molar-refractivity contribution in [1.82, 2.24) is 10.6 Å². The molecule has 122 valence electrons.